The molecular weight excluding hydrogens is 136 g/mol. The van der Waals surface area contributed by atoms with Crippen LogP contribution in [0.15, 0.2) is 5.10 Å². The van der Waals surface area contributed by atoms with E-state index in [9.17, 15) is 4.79 Å². The van der Waals surface area contributed by atoms with Gasteiger partial charge in [0.2, 0.25) is 5.84 Å². The van der Waals surface area contributed by atoms with Gasteiger partial charge in [0.05, 0.1) is 6.61 Å². The van der Waals surface area contributed by atoms with Crippen LogP contribution in [0, 0.1) is 0 Å². The Balaban J connectivity index is 2.40. The summed E-state index contributed by atoms with van der Waals surface area (Å²) in [6.07, 6.45) is 0. The predicted molar refractivity (Wildman–Crippen MR) is 33.5 cm³/mol. The predicted octanol–water partition coefficient (Wildman–Crippen LogP) is -1.52. The molecule has 0 amide bonds. The van der Waals surface area contributed by atoms with Gasteiger partial charge in [-0.1, -0.05) is 0 Å². The largest absolute Gasteiger partial charge is 0.460 e. The van der Waals surface area contributed by atoms with Crippen LogP contribution in [0.3, 0.4) is 0 Å². The molecule has 6 heteroatoms. The number of carbonyl (C=O) groups excluding carboxylic acids is 1. The maximum atomic E-state index is 10.7. The average Bonchev–Trinajstić information content (AvgIpc) is 2.38. The third-order valence-corrected chi connectivity index (χ3v) is 0.873. The van der Waals surface area contributed by atoms with Gasteiger partial charge in [0.25, 0.3) is 0 Å². The lowest BCUT2D eigenvalue weighted by Gasteiger charge is -1.98. The number of hydrazone groups is 1. The van der Waals surface area contributed by atoms with Gasteiger partial charge in [0.1, 0.15) is 0 Å². The summed E-state index contributed by atoms with van der Waals surface area (Å²) < 4.78 is 4.61. The van der Waals surface area contributed by atoms with Crippen molar-refractivity contribution in [2.24, 2.45) is 5.10 Å². The van der Waals surface area contributed by atoms with Crippen LogP contribution in [0.25, 0.3) is 0 Å². The van der Waals surface area contributed by atoms with Gasteiger partial charge in [-0.15, -0.1) is 10.6 Å². The molecule has 0 saturated carbocycles. The van der Waals surface area contributed by atoms with Gasteiger partial charge in [-0.05, 0) is 6.92 Å². The van der Waals surface area contributed by atoms with Crippen molar-refractivity contribution in [3.63, 3.8) is 0 Å². The molecule has 1 heterocycles. The summed E-state index contributed by atoms with van der Waals surface area (Å²) >= 11 is 0. The van der Waals surface area contributed by atoms with E-state index in [1.807, 2.05) is 0 Å². The third-order valence-electron chi connectivity index (χ3n) is 0.873. The number of rotatable bonds is 2. The van der Waals surface area contributed by atoms with E-state index in [-0.39, 0.29) is 5.84 Å². The first-order chi connectivity index (χ1) is 4.84. The van der Waals surface area contributed by atoms with E-state index in [1.165, 1.54) is 0 Å². The topological polar surface area (TPSA) is 74.8 Å². The molecule has 0 atom stereocenters. The molecule has 0 saturated heterocycles. The van der Waals surface area contributed by atoms with Crippen LogP contribution in [-0.4, -0.2) is 18.4 Å². The summed E-state index contributed by atoms with van der Waals surface area (Å²) in [6.45, 7) is 2.08. The molecule has 0 spiro atoms. The smallest absolute Gasteiger partial charge is 0.377 e. The van der Waals surface area contributed by atoms with Gasteiger partial charge in [-0.2, -0.15) is 0 Å². The molecule has 0 bridgehead atoms. The SMILES string of the molecule is CCOC(=O)C1=NNNN1. The summed E-state index contributed by atoms with van der Waals surface area (Å²) in [4.78, 5) is 10.7. The van der Waals surface area contributed by atoms with Crippen LogP contribution in [0.5, 0.6) is 0 Å². The fraction of sp³-hybridized carbons (Fsp3) is 0.500. The molecule has 6 nitrogen and oxygen atoms in total. The van der Waals surface area contributed by atoms with Gasteiger partial charge in [-0.25, -0.2) is 10.3 Å². The van der Waals surface area contributed by atoms with E-state index in [0.29, 0.717) is 6.61 Å². The fourth-order valence-corrected chi connectivity index (χ4v) is 0.495. The number of nitrogens with zero attached hydrogens (tertiary/aromatic N) is 1. The Hall–Kier alpha value is -1.30. The number of nitrogens with one attached hydrogen (secondary N) is 3. The monoisotopic (exact) mass is 144 g/mol. The summed E-state index contributed by atoms with van der Waals surface area (Å²) in [5.41, 5.74) is 7.20. The van der Waals surface area contributed by atoms with Gasteiger partial charge in [-0.3, -0.25) is 5.43 Å². The highest BCUT2D eigenvalue weighted by Crippen LogP contribution is 1.81. The van der Waals surface area contributed by atoms with Crippen LogP contribution in [0.2, 0.25) is 0 Å². The van der Waals surface area contributed by atoms with Crippen molar-refractivity contribution in [2.75, 3.05) is 6.61 Å². The number of hydrazine groups is 2. The second kappa shape index (κ2) is 3.02. The molecule has 0 aromatic heterocycles. The van der Waals surface area contributed by atoms with Crippen molar-refractivity contribution >= 4 is 11.8 Å². The van der Waals surface area contributed by atoms with Crippen molar-refractivity contribution in [3.05, 3.63) is 0 Å². The molecule has 1 aliphatic rings. The minimum atomic E-state index is -0.472. The zero-order valence-electron chi connectivity index (χ0n) is 5.47. The Kier molecular flexibility index (Phi) is 2.06. The van der Waals surface area contributed by atoms with Gasteiger partial charge < -0.3 is 4.74 Å². The first-order valence-electron chi connectivity index (χ1n) is 2.85. The van der Waals surface area contributed by atoms with Crippen LogP contribution in [-0.2, 0) is 9.53 Å². The molecule has 3 N–H and O–H groups in total. The van der Waals surface area contributed by atoms with Crippen molar-refractivity contribution in [1.82, 2.24) is 16.5 Å². The van der Waals surface area contributed by atoms with Crippen molar-refractivity contribution < 1.29 is 9.53 Å². The molecule has 0 unspecified atom stereocenters. The number of ether oxygens (including phenoxy) is 1. The number of carbonyl (C=O) groups is 1. The highest BCUT2D eigenvalue weighted by Gasteiger charge is 2.14. The highest BCUT2D eigenvalue weighted by molar-refractivity contribution is 6.35. The summed E-state index contributed by atoms with van der Waals surface area (Å²) in [5, 5.41) is 3.52. The Bertz CT molecular complexity index is 167. The van der Waals surface area contributed by atoms with E-state index < -0.39 is 5.97 Å². The maximum absolute atomic E-state index is 10.7. The number of esters is 1. The first-order valence-corrected chi connectivity index (χ1v) is 2.85. The molecule has 0 radical (unpaired) electrons. The molecule has 0 aromatic carbocycles. The quantitative estimate of drug-likeness (QED) is 0.410. The van der Waals surface area contributed by atoms with Crippen molar-refractivity contribution in [3.8, 4) is 0 Å². The molecule has 0 fully saturated rings. The van der Waals surface area contributed by atoms with Gasteiger partial charge in [0, 0.05) is 0 Å². The number of hydrogen-bond donors (Lipinski definition) is 3. The Morgan fingerprint density at radius 1 is 1.80 bits per heavy atom. The highest BCUT2D eigenvalue weighted by atomic mass is 16.5. The summed E-state index contributed by atoms with van der Waals surface area (Å²) in [7, 11) is 0. The fourth-order valence-electron chi connectivity index (χ4n) is 0.495. The van der Waals surface area contributed by atoms with Crippen LogP contribution >= 0.6 is 0 Å². The number of hydrogen-bond acceptors (Lipinski definition) is 6. The van der Waals surface area contributed by atoms with E-state index in [4.69, 9.17) is 0 Å². The van der Waals surface area contributed by atoms with E-state index in [1.54, 1.807) is 6.92 Å². The van der Waals surface area contributed by atoms with Crippen molar-refractivity contribution in [2.45, 2.75) is 6.92 Å². The van der Waals surface area contributed by atoms with Gasteiger partial charge in [0.15, 0.2) is 0 Å². The molecule has 56 valence electrons. The lowest BCUT2D eigenvalue weighted by atomic mass is 10.6. The molecule has 1 rings (SSSR count). The molecule has 1 aliphatic heterocycles. The molecular formula is C4H8N4O2. The Morgan fingerprint density at radius 3 is 3.10 bits per heavy atom. The van der Waals surface area contributed by atoms with Crippen molar-refractivity contribution in [1.29, 1.82) is 0 Å². The minimum absolute atomic E-state index is 0.141. The van der Waals surface area contributed by atoms with Crippen LogP contribution in [0.1, 0.15) is 6.92 Å². The van der Waals surface area contributed by atoms with E-state index in [2.05, 4.69) is 26.3 Å². The standard InChI is InChI=1S/C4H8N4O2/c1-2-10-4(9)3-5-7-8-6-3/h7-8H,2H2,1H3,(H,5,6). The molecule has 0 aliphatic carbocycles. The van der Waals surface area contributed by atoms with Gasteiger partial charge >= 0.3 is 5.97 Å². The maximum Gasteiger partial charge on any atom is 0.377 e. The zero-order valence-corrected chi connectivity index (χ0v) is 5.47. The second-order valence-corrected chi connectivity index (χ2v) is 1.54. The second-order valence-electron chi connectivity index (χ2n) is 1.54. The Labute approximate surface area is 57.6 Å². The zero-order chi connectivity index (χ0) is 7.40. The lowest BCUT2D eigenvalue weighted by molar-refractivity contribution is -0.135. The minimum Gasteiger partial charge on any atom is -0.460 e. The first kappa shape index (κ1) is 6.81. The molecule has 10 heavy (non-hydrogen) atoms. The number of amidine groups is 1. The van der Waals surface area contributed by atoms with Crippen LogP contribution < -0.4 is 16.5 Å². The summed E-state index contributed by atoms with van der Waals surface area (Å²) in [6, 6.07) is 0. The third kappa shape index (κ3) is 1.35. The van der Waals surface area contributed by atoms with Crippen LogP contribution in [0.4, 0.5) is 0 Å². The van der Waals surface area contributed by atoms with E-state index in [0.717, 1.165) is 0 Å². The average molecular weight is 144 g/mol. The Morgan fingerprint density at radius 2 is 2.60 bits per heavy atom. The summed E-state index contributed by atoms with van der Waals surface area (Å²) in [5.74, 6) is -0.332. The molecule has 0 aromatic rings. The lowest BCUT2D eigenvalue weighted by Crippen LogP contribution is -2.38. The normalized spacial score (nSPS) is 15.1. The van der Waals surface area contributed by atoms with E-state index >= 15 is 0 Å².